The van der Waals surface area contributed by atoms with Crippen LogP contribution in [0.25, 0.3) is 0 Å². The van der Waals surface area contributed by atoms with Gasteiger partial charge in [0.1, 0.15) is 0 Å². The number of rotatable bonds is 3. The Hall–Kier alpha value is -1.97. The second-order valence-corrected chi connectivity index (χ2v) is 4.26. The highest BCUT2D eigenvalue weighted by Crippen LogP contribution is 2.16. The third-order valence-corrected chi connectivity index (χ3v) is 2.72. The number of hydrogen-bond acceptors (Lipinski definition) is 2. The summed E-state index contributed by atoms with van der Waals surface area (Å²) in [6, 6.07) is 7.78. The Morgan fingerprint density at radius 1 is 1.11 bits per heavy atom. The maximum atomic E-state index is 13.1. The van der Waals surface area contributed by atoms with Crippen LogP contribution in [-0.4, -0.2) is 12.0 Å². The van der Waals surface area contributed by atoms with Crippen LogP contribution < -0.4 is 4.90 Å². The minimum absolute atomic E-state index is 0.515. The Labute approximate surface area is 105 Å². The monoisotopic (exact) mass is 248 g/mol. The molecule has 94 valence electrons. The van der Waals surface area contributed by atoms with Crippen molar-refractivity contribution in [1.82, 2.24) is 4.98 Å². The van der Waals surface area contributed by atoms with Gasteiger partial charge in [0.25, 0.3) is 0 Å². The van der Waals surface area contributed by atoms with Gasteiger partial charge in [-0.05, 0) is 36.8 Å². The van der Waals surface area contributed by atoms with Crippen LogP contribution in [0.3, 0.4) is 0 Å². The Kier molecular flexibility index (Phi) is 3.55. The van der Waals surface area contributed by atoms with Crippen molar-refractivity contribution in [2.75, 3.05) is 11.9 Å². The van der Waals surface area contributed by atoms with E-state index < -0.39 is 11.6 Å². The lowest BCUT2D eigenvalue weighted by atomic mass is 10.2. The molecule has 0 saturated carbocycles. The zero-order valence-corrected chi connectivity index (χ0v) is 10.3. The van der Waals surface area contributed by atoms with Crippen molar-refractivity contribution in [3.63, 3.8) is 0 Å². The first-order chi connectivity index (χ1) is 8.56. The molecule has 0 fully saturated rings. The van der Waals surface area contributed by atoms with Gasteiger partial charge in [-0.15, -0.1) is 0 Å². The van der Waals surface area contributed by atoms with Gasteiger partial charge in [0, 0.05) is 31.2 Å². The molecule has 0 aliphatic carbocycles. The van der Waals surface area contributed by atoms with E-state index in [2.05, 4.69) is 4.98 Å². The topological polar surface area (TPSA) is 16.1 Å². The molecule has 2 rings (SSSR count). The number of anilines is 1. The Balaban J connectivity index is 2.16. The average Bonchev–Trinajstić information content (AvgIpc) is 2.34. The molecule has 0 unspecified atom stereocenters. The molecular weight excluding hydrogens is 234 g/mol. The van der Waals surface area contributed by atoms with Crippen LogP contribution >= 0.6 is 0 Å². The van der Waals surface area contributed by atoms with Crippen molar-refractivity contribution in [3.05, 3.63) is 59.4 Å². The highest BCUT2D eigenvalue weighted by atomic mass is 19.2. The van der Waals surface area contributed by atoms with Crippen molar-refractivity contribution in [2.45, 2.75) is 13.5 Å². The maximum Gasteiger partial charge on any atom is 0.159 e. The average molecular weight is 248 g/mol. The number of aromatic nitrogens is 1. The van der Waals surface area contributed by atoms with E-state index in [1.165, 1.54) is 6.07 Å². The minimum Gasteiger partial charge on any atom is -0.370 e. The van der Waals surface area contributed by atoms with Crippen LogP contribution in [0.4, 0.5) is 14.5 Å². The summed E-state index contributed by atoms with van der Waals surface area (Å²) in [5.41, 5.74) is 2.64. The van der Waals surface area contributed by atoms with E-state index in [-0.39, 0.29) is 0 Å². The first-order valence-electron chi connectivity index (χ1n) is 5.64. The lowest BCUT2D eigenvalue weighted by molar-refractivity contribution is 0.507. The Morgan fingerprint density at radius 2 is 1.89 bits per heavy atom. The molecule has 1 aromatic heterocycles. The molecule has 0 aliphatic rings. The highest BCUT2D eigenvalue weighted by Gasteiger charge is 2.06. The van der Waals surface area contributed by atoms with Gasteiger partial charge in [-0.2, -0.15) is 0 Å². The molecule has 0 amide bonds. The van der Waals surface area contributed by atoms with E-state index in [0.717, 1.165) is 23.0 Å². The van der Waals surface area contributed by atoms with Crippen molar-refractivity contribution in [2.24, 2.45) is 0 Å². The summed E-state index contributed by atoms with van der Waals surface area (Å²) in [6.07, 6.45) is 1.73. The first-order valence-corrected chi connectivity index (χ1v) is 5.64. The van der Waals surface area contributed by atoms with Crippen molar-refractivity contribution >= 4 is 5.69 Å². The van der Waals surface area contributed by atoms with Gasteiger partial charge in [-0.3, -0.25) is 4.98 Å². The minimum atomic E-state index is -0.818. The zero-order chi connectivity index (χ0) is 13.1. The molecule has 0 spiro atoms. The first kappa shape index (κ1) is 12.5. The largest absolute Gasteiger partial charge is 0.370 e. The molecular formula is C14H14F2N2. The van der Waals surface area contributed by atoms with Gasteiger partial charge in [-0.1, -0.05) is 6.07 Å². The Bertz CT molecular complexity index is 555. The molecule has 0 bridgehead atoms. The standard InChI is InChI=1S/C14H14F2N2/c1-10-7-12(5-6-17-10)18(2)9-11-3-4-13(15)14(16)8-11/h3-8H,9H2,1-2H3. The smallest absolute Gasteiger partial charge is 0.159 e. The quantitative estimate of drug-likeness (QED) is 0.828. The van der Waals surface area contributed by atoms with Crippen LogP contribution in [0.5, 0.6) is 0 Å². The van der Waals surface area contributed by atoms with Crippen molar-refractivity contribution in [1.29, 1.82) is 0 Å². The number of aryl methyl sites for hydroxylation is 1. The van der Waals surface area contributed by atoms with Crippen LogP contribution in [-0.2, 0) is 6.54 Å². The Morgan fingerprint density at radius 3 is 2.56 bits per heavy atom. The van der Waals surface area contributed by atoms with E-state index >= 15 is 0 Å². The number of nitrogens with zero attached hydrogens (tertiary/aromatic N) is 2. The van der Waals surface area contributed by atoms with Gasteiger partial charge in [0.15, 0.2) is 11.6 Å². The second kappa shape index (κ2) is 5.12. The zero-order valence-electron chi connectivity index (χ0n) is 10.3. The van der Waals surface area contributed by atoms with Gasteiger partial charge >= 0.3 is 0 Å². The van der Waals surface area contributed by atoms with Crippen LogP contribution in [0, 0.1) is 18.6 Å². The molecule has 0 N–H and O–H groups in total. The fourth-order valence-electron chi connectivity index (χ4n) is 1.77. The fraction of sp³-hybridized carbons (Fsp3) is 0.214. The second-order valence-electron chi connectivity index (χ2n) is 4.26. The van der Waals surface area contributed by atoms with Crippen LogP contribution in [0.2, 0.25) is 0 Å². The van der Waals surface area contributed by atoms with Gasteiger partial charge in [-0.25, -0.2) is 8.78 Å². The summed E-state index contributed by atoms with van der Waals surface area (Å²) in [7, 11) is 1.90. The van der Waals surface area contributed by atoms with E-state index in [4.69, 9.17) is 0 Å². The summed E-state index contributed by atoms with van der Waals surface area (Å²) in [6.45, 7) is 2.43. The van der Waals surface area contributed by atoms with Crippen LogP contribution in [0.1, 0.15) is 11.3 Å². The number of hydrogen-bond donors (Lipinski definition) is 0. The van der Waals surface area contributed by atoms with E-state index in [0.29, 0.717) is 6.54 Å². The van der Waals surface area contributed by atoms with Gasteiger partial charge < -0.3 is 4.90 Å². The molecule has 2 aromatic rings. The molecule has 4 heteroatoms. The predicted molar refractivity (Wildman–Crippen MR) is 67.4 cm³/mol. The summed E-state index contributed by atoms with van der Waals surface area (Å²) in [4.78, 5) is 6.08. The number of halogens is 2. The fourth-order valence-corrected chi connectivity index (χ4v) is 1.77. The van der Waals surface area contributed by atoms with Crippen molar-refractivity contribution < 1.29 is 8.78 Å². The molecule has 0 saturated heterocycles. The molecule has 0 atom stereocenters. The van der Waals surface area contributed by atoms with E-state index in [1.807, 2.05) is 31.0 Å². The number of benzene rings is 1. The molecule has 18 heavy (non-hydrogen) atoms. The molecule has 1 heterocycles. The summed E-state index contributed by atoms with van der Waals surface area (Å²) in [5, 5.41) is 0. The summed E-state index contributed by atoms with van der Waals surface area (Å²) >= 11 is 0. The van der Waals surface area contributed by atoms with Crippen LogP contribution in [0.15, 0.2) is 36.5 Å². The lowest BCUT2D eigenvalue weighted by Gasteiger charge is -2.19. The summed E-state index contributed by atoms with van der Waals surface area (Å²) in [5.74, 6) is -1.63. The third-order valence-electron chi connectivity index (χ3n) is 2.72. The lowest BCUT2D eigenvalue weighted by Crippen LogP contribution is -2.16. The molecule has 0 radical (unpaired) electrons. The van der Waals surface area contributed by atoms with Gasteiger partial charge in [0.2, 0.25) is 0 Å². The third kappa shape index (κ3) is 2.83. The molecule has 1 aromatic carbocycles. The number of pyridine rings is 1. The van der Waals surface area contributed by atoms with E-state index in [9.17, 15) is 8.78 Å². The summed E-state index contributed by atoms with van der Waals surface area (Å²) < 4.78 is 25.9. The highest BCUT2D eigenvalue weighted by molar-refractivity contribution is 5.46. The normalized spacial score (nSPS) is 10.4. The predicted octanol–water partition coefficient (Wildman–Crippen LogP) is 3.30. The van der Waals surface area contributed by atoms with E-state index in [1.54, 1.807) is 12.3 Å². The van der Waals surface area contributed by atoms with Gasteiger partial charge in [0.05, 0.1) is 0 Å². The molecule has 2 nitrogen and oxygen atoms in total. The maximum absolute atomic E-state index is 13.1. The van der Waals surface area contributed by atoms with Crippen molar-refractivity contribution in [3.8, 4) is 0 Å². The SMILES string of the molecule is Cc1cc(N(C)Cc2ccc(F)c(F)c2)ccn1. The molecule has 0 aliphatic heterocycles.